The number of anilines is 1. The van der Waals surface area contributed by atoms with Gasteiger partial charge in [-0.1, -0.05) is 12.1 Å². The average molecular weight is 416 g/mol. The molecular weight excluding hydrogens is 396 g/mol. The molecule has 1 fully saturated rings. The van der Waals surface area contributed by atoms with Crippen LogP contribution in [0.5, 0.6) is 5.75 Å². The van der Waals surface area contributed by atoms with Crippen molar-refractivity contribution in [1.29, 1.82) is 0 Å². The van der Waals surface area contributed by atoms with E-state index in [4.69, 9.17) is 13.9 Å². The summed E-state index contributed by atoms with van der Waals surface area (Å²) in [6.45, 7) is 1.69. The van der Waals surface area contributed by atoms with E-state index < -0.39 is 10.0 Å². The Bertz CT molecular complexity index is 1130. The summed E-state index contributed by atoms with van der Waals surface area (Å²) >= 11 is 0. The Morgan fingerprint density at radius 2 is 1.76 bits per heavy atom. The van der Waals surface area contributed by atoms with Gasteiger partial charge in [0.2, 0.25) is 5.76 Å². The van der Waals surface area contributed by atoms with Gasteiger partial charge in [-0.15, -0.1) is 0 Å². The van der Waals surface area contributed by atoms with Gasteiger partial charge in [-0.05, 0) is 36.4 Å². The van der Waals surface area contributed by atoms with Gasteiger partial charge in [0.1, 0.15) is 17.0 Å². The number of ether oxygens (including phenoxy) is 2. The lowest BCUT2D eigenvalue weighted by Gasteiger charge is -2.26. The molecule has 0 bridgehead atoms. The Morgan fingerprint density at radius 1 is 1.07 bits per heavy atom. The number of para-hydroxylation sites is 1. The van der Waals surface area contributed by atoms with E-state index >= 15 is 0 Å². The Kier molecular flexibility index (Phi) is 5.16. The molecule has 0 saturated carbocycles. The first-order valence-electron chi connectivity index (χ1n) is 9.05. The normalized spacial score (nSPS) is 14.7. The minimum Gasteiger partial charge on any atom is -0.497 e. The van der Waals surface area contributed by atoms with Crippen molar-refractivity contribution in [2.75, 3.05) is 38.1 Å². The van der Waals surface area contributed by atoms with E-state index in [9.17, 15) is 13.2 Å². The van der Waals surface area contributed by atoms with Gasteiger partial charge in [-0.25, -0.2) is 8.42 Å². The first-order chi connectivity index (χ1) is 14.0. The molecule has 1 aliphatic heterocycles. The number of morpholine rings is 1. The number of benzene rings is 2. The summed E-state index contributed by atoms with van der Waals surface area (Å²) in [7, 11) is -2.44. The predicted octanol–water partition coefficient (Wildman–Crippen LogP) is 2.71. The summed E-state index contributed by atoms with van der Waals surface area (Å²) < 4.78 is 44.6. The highest BCUT2D eigenvalue weighted by atomic mass is 32.2. The van der Waals surface area contributed by atoms with E-state index in [1.165, 1.54) is 19.2 Å². The zero-order valence-electron chi connectivity index (χ0n) is 15.8. The summed E-state index contributed by atoms with van der Waals surface area (Å²) in [5.41, 5.74) is 0.560. The minimum absolute atomic E-state index is 0.0369. The molecule has 0 radical (unpaired) electrons. The van der Waals surface area contributed by atoms with Gasteiger partial charge >= 0.3 is 0 Å². The Balaban J connectivity index is 1.74. The molecule has 0 spiro atoms. The first-order valence-corrected chi connectivity index (χ1v) is 10.5. The summed E-state index contributed by atoms with van der Waals surface area (Å²) in [6, 6.07) is 12.9. The number of carbonyl (C=O) groups is 1. The number of methoxy groups -OCH3 is 1. The lowest BCUT2D eigenvalue weighted by molar-refractivity contribution is 0.0285. The van der Waals surface area contributed by atoms with E-state index in [1.807, 2.05) is 0 Å². The third kappa shape index (κ3) is 3.79. The van der Waals surface area contributed by atoms with Crippen molar-refractivity contribution in [1.82, 2.24) is 4.90 Å². The van der Waals surface area contributed by atoms with Crippen molar-refractivity contribution in [2.45, 2.75) is 4.90 Å². The number of nitrogens with zero attached hydrogens (tertiary/aromatic N) is 1. The fourth-order valence-electron chi connectivity index (χ4n) is 3.16. The highest BCUT2D eigenvalue weighted by molar-refractivity contribution is 7.92. The van der Waals surface area contributed by atoms with Gasteiger partial charge in [0, 0.05) is 18.5 Å². The average Bonchev–Trinajstić information content (AvgIpc) is 3.11. The Labute approximate surface area is 168 Å². The number of hydrogen-bond donors (Lipinski definition) is 1. The summed E-state index contributed by atoms with van der Waals surface area (Å²) in [4.78, 5) is 14.7. The third-order valence-electron chi connectivity index (χ3n) is 4.69. The number of furan rings is 1. The van der Waals surface area contributed by atoms with Crippen LogP contribution in [0.4, 0.5) is 5.69 Å². The van der Waals surface area contributed by atoms with Crippen LogP contribution < -0.4 is 9.46 Å². The zero-order chi connectivity index (χ0) is 20.4. The monoisotopic (exact) mass is 416 g/mol. The van der Waals surface area contributed by atoms with E-state index in [-0.39, 0.29) is 22.3 Å². The lowest BCUT2D eigenvalue weighted by Crippen LogP contribution is -2.40. The van der Waals surface area contributed by atoms with Gasteiger partial charge in [0.25, 0.3) is 15.9 Å². The van der Waals surface area contributed by atoms with Crippen LogP contribution >= 0.6 is 0 Å². The van der Waals surface area contributed by atoms with E-state index in [0.717, 1.165) is 0 Å². The summed E-state index contributed by atoms with van der Waals surface area (Å²) in [6.07, 6.45) is 0. The molecule has 152 valence electrons. The number of fused-ring (bicyclic) bond motifs is 1. The fraction of sp³-hybridized carbons (Fsp3) is 0.250. The van der Waals surface area contributed by atoms with Crippen molar-refractivity contribution in [2.24, 2.45) is 0 Å². The molecule has 1 aromatic heterocycles. The van der Waals surface area contributed by atoms with E-state index in [1.54, 1.807) is 41.3 Å². The van der Waals surface area contributed by atoms with Crippen molar-refractivity contribution < 1.29 is 27.1 Å². The summed E-state index contributed by atoms with van der Waals surface area (Å²) in [5, 5.41) is 0.515. The van der Waals surface area contributed by atoms with Crippen molar-refractivity contribution in [3.8, 4) is 5.75 Å². The second-order valence-electron chi connectivity index (χ2n) is 6.49. The van der Waals surface area contributed by atoms with Crippen LogP contribution in [0.3, 0.4) is 0 Å². The number of sulfonamides is 1. The molecule has 8 nitrogen and oxygen atoms in total. The van der Waals surface area contributed by atoms with Crippen molar-refractivity contribution >= 4 is 32.6 Å². The molecule has 1 amide bonds. The molecule has 9 heteroatoms. The second kappa shape index (κ2) is 7.76. The molecule has 1 N–H and O–H groups in total. The standard InChI is InChI=1S/C20H20N2O6S/c1-26-14-6-8-15(9-7-14)29(24,25)21-18-16-4-2-3-5-17(16)28-19(18)20(23)22-10-12-27-13-11-22/h2-9,21H,10-13H2,1H3. The number of hydrogen-bond acceptors (Lipinski definition) is 6. The van der Waals surface area contributed by atoms with Crippen molar-refractivity contribution in [3.63, 3.8) is 0 Å². The SMILES string of the molecule is COc1ccc(S(=O)(=O)Nc2c(C(=O)N3CCOCC3)oc3ccccc23)cc1. The molecule has 4 rings (SSSR count). The second-order valence-corrected chi connectivity index (χ2v) is 8.17. The highest BCUT2D eigenvalue weighted by Crippen LogP contribution is 2.33. The molecule has 0 unspecified atom stereocenters. The third-order valence-corrected chi connectivity index (χ3v) is 6.06. The maximum atomic E-state index is 13.0. The van der Waals surface area contributed by atoms with Gasteiger partial charge in [0.15, 0.2) is 0 Å². The van der Waals surface area contributed by atoms with E-state index in [0.29, 0.717) is 43.0 Å². The maximum absolute atomic E-state index is 13.0. The molecular formula is C20H20N2O6S. The number of carbonyl (C=O) groups excluding carboxylic acids is 1. The number of nitrogens with one attached hydrogen (secondary N) is 1. The Hall–Kier alpha value is -3.04. The largest absolute Gasteiger partial charge is 0.497 e. The zero-order valence-corrected chi connectivity index (χ0v) is 16.6. The molecule has 2 aromatic carbocycles. The molecule has 2 heterocycles. The molecule has 0 aliphatic carbocycles. The minimum atomic E-state index is -3.95. The number of amides is 1. The molecule has 0 atom stereocenters. The Morgan fingerprint density at radius 3 is 2.45 bits per heavy atom. The van der Waals surface area contributed by atoms with Crippen molar-refractivity contribution in [3.05, 3.63) is 54.3 Å². The van der Waals surface area contributed by atoms with Crippen LogP contribution in [0.25, 0.3) is 11.0 Å². The van der Waals surface area contributed by atoms with Gasteiger partial charge in [-0.2, -0.15) is 0 Å². The van der Waals surface area contributed by atoms with E-state index in [2.05, 4.69) is 4.72 Å². The molecule has 3 aromatic rings. The maximum Gasteiger partial charge on any atom is 0.291 e. The topological polar surface area (TPSA) is 98.1 Å². The lowest BCUT2D eigenvalue weighted by atomic mass is 10.2. The quantitative estimate of drug-likeness (QED) is 0.687. The van der Waals surface area contributed by atoms with Crippen LogP contribution in [0.1, 0.15) is 10.6 Å². The fourth-order valence-corrected chi connectivity index (χ4v) is 4.24. The van der Waals surface area contributed by atoms with Crippen LogP contribution in [-0.2, 0) is 14.8 Å². The smallest absolute Gasteiger partial charge is 0.291 e. The predicted molar refractivity (Wildman–Crippen MR) is 107 cm³/mol. The van der Waals surface area contributed by atoms with Gasteiger partial charge in [-0.3, -0.25) is 9.52 Å². The first kappa shape index (κ1) is 19.3. The summed E-state index contributed by atoms with van der Waals surface area (Å²) in [5.74, 6) is 0.128. The van der Waals surface area contributed by atoms with Crippen LogP contribution in [0.2, 0.25) is 0 Å². The van der Waals surface area contributed by atoms with Crippen LogP contribution in [0.15, 0.2) is 57.8 Å². The van der Waals surface area contributed by atoms with Crippen LogP contribution in [0, 0.1) is 0 Å². The molecule has 1 aliphatic rings. The number of rotatable bonds is 5. The van der Waals surface area contributed by atoms with Gasteiger partial charge < -0.3 is 18.8 Å². The molecule has 1 saturated heterocycles. The molecule has 29 heavy (non-hydrogen) atoms. The highest BCUT2D eigenvalue weighted by Gasteiger charge is 2.29. The van der Waals surface area contributed by atoms with Crippen LogP contribution in [-0.4, -0.2) is 52.6 Å². The van der Waals surface area contributed by atoms with Gasteiger partial charge in [0.05, 0.1) is 25.2 Å².